The van der Waals surface area contributed by atoms with Gasteiger partial charge < -0.3 is 9.84 Å². The lowest BCUT2D eigenvalue weighted by Gasteiger charge is -2.15. The number of carboxylic acids is 1. The van der Waals surface area contributed by atoms with E-state index < -0.39 is 23.6 Å². The first-order chi connectivity index (χ1) is 14.3. The molecular weight excluding hydrogens is 431 g/mol. The molecule has 0 atom stereocenters. The van der Waals surface area contributed by atoms with Crippen molar-refractivity contribution in [2.24, 2.45) is 0 Å². The number of carbonyl (C=O) groups is 3. The highest BCUT2D eigenvalue weighted by molar-refractivity contribution is 8.26. The molecule has 2 aromatic rings. The summed E-state index contributed by atoms with van der Waals surface area (Å²) in [6.45, 7) is -0.0190. The average molecular weight is 446 g/mol. The van der Waals surface area contributed by atoms with Gasteiger partial charge in [0.25, 0.3) is 11.8 Å². The monoisotopic (exact) mass is 446 g/mol. The predicted octanol–water partition coefficient (Wildman–Crippen LogP) is 3.23. The number of nitrogens with zero attached hydrogens (tertiary/aromatic N) is 1. The van der Waals surface area contributed by atoms with Gasteiger partial charge in [-0.1, -0.05) is 30.0 Å². The van der Waals surface area contributed by atoms with Crippen molar-refractivity contribution in [3.8, 4) is 5.75 Å². The molecule has 0 unspecified atom stereocenters. The lowest BCUT2D eigenvalue weighted by Crippen LogP contribution is -2.44. The molecule has 2 aromatic carbocycles. The number of hydrogen-bond donors (Lipinski definition) is 2. The number of ether oxygens (including phenoxy) is 1. The molecule has 3 rings (SSSR count). The molecule has 0 aromatic heterocycles. The lowest BCUT2D eigenvalue weighted by molar-refractivity contribution is -0.137. The van der Waals surface area contributed by atoms with Gasteiger partial charge >= 0.3 is 5.97 Å². The van der Waals surface area contributed by atoms with E-state index in [0.717, 1.165) is 28.9 Å². The first-order valence-electron chi connectivity index (χ1n) is 8.63. The van der Waals surface area contributed by atoms with E-state index in [9.17, 15) is 18.8 Å². The molecule has 1 aliphatic rings. The van der Waals surface area contributed by atoms with Gasteiger partial charge in [0, 0.05) is 11.1 Å². The molecule has 1 saturated heterocycles. The number of thiocarbonyl (C=S) groups is 1. The number of hydrogen-bond acceptors (Lipinski definition) is 6. The van der Waals surface area contributed by atoms with Crippen LogP contribution in [-0.2, 0) is 9.59 Å². The topological polar surface area (TPSA) is 95.9 Å². The number of para-hydroxylation sites is 1. The molecule has 1 heterocycles. The molecule has 0 saturated carbocycles. The fourth-order valence-corrected chi connectivity index (χ4v) is 3.62. The predicted molar refractivity (Wildman–Crippen MR) is 113 cm³/mol. The van der Waals surface area contributed by atoms with Crippen molar-refractivity contribution in [2.75, 3.05) is 6.61 Å². The van der Waals surface area contributed by atoms with Crippen molar-refractivity contribution < 1.29 is 28.6 Å². The zero-order valence-corrected chi connectivity index (χ0v) is 17.0. The van der Waals surface area contributed by atoms with Crippen LogP contribution >= 0.6 is 24.0 Å². The largest absolute Gasteiger partial charge is 0.492 e. The van der Waals surface area contributed by atoms with Crippen molar-refractivity contribution in [3.05, 3.63) is 70.4 Å². The van der Waals surface area contributed by atoms with E-state index in [2.05, 4.69) is 5.43 Å². The maximum Gasteiger partial charge on any atom is 0.306 e. The van der Waals surface area contributed by atoms with Crippen molar-refractivity contribution in [3.63, 3.8) is 0 Å². The Hall–Kier alpha value is -3.24. The van der Waals surface area contributed by atoms with Crippen molar-refractivity contribution in [1.29, 1.82) is 0 Å². The molecule has 1 fully saturated rings. The molecule has 2 amide bonds. The molecule has 0 spiro atoms. The minimum atomic E-state index is -0.981. The molecule has 1 aliphatic heterocycles. The van der Waals surface area contributed by atoms with Crippen LogP contribution in [-0.4, -0.2) is 38.8 Å². The third-order valence-electron chi connectivity index (χ3n) is 3.89. The number of benzene rings is 2. The van der Waals surface area contributed by atoms with E-state index in [0.29, 0.717) is 11.3 Å². The summed E-state index contributed by atoms with van der Waals surface area (Å²) in [5.74, 6) is -2.18. The highest BCUT2D eigenvalue weighted by atomic mass is 32.2. The Balaban J connectivity index is 1.74. The summed E-state index contributed by atoms with van der Waals surface area (Å²) in [4.78, 5) is 35.9. The van der Waals surface area contributed by atoms with Crippen LogP contribution in [0.2, 0.25) is 0 Å². The lowest BCUT2D eigenvalue weighted by atomic mass is 10.2. The maximum absolute atomic E-state index is 13.0. The van der Waals surface area contributed by atoms with Gasteiger partial charge in [-0.2, -0.15) is 5.01 Å². The van der Waals surface area contributed by atoms with Gasteiger partial charge in [0.15, 0.2) is 4.32 Å². The number of halogens is 1. The average Bonchev–Trinajstić information content (AvgIpc) is 2.97. The third-order valence-corrected chi connectivity index (χ3v) is 5.19. The Morgan fingerprint density at radius 2 is 1.90 bits per heavy atom. The van der Waals surface area contributed by atoms with Crippen LogP contribution in [0.15, 0.2) is 53.4 Å². The SMILES string of the molecule is O=C(O)CCOc1ccccc1/C=C1/SC(=S)N(NC(=O)c2ccc(F)cc2)C1=O. The Kier molecular flexibility index (Phi) is 6.80. The van der Waals surface area contributed by atoms with Gasteiger partial charge in [-0.05, 0) is 48.6 Å². The number of rotatable bonds is 7. The summed E-state index contributed by atoms with van der Waals surface area (Å²) in [5, 5.41) is 9.69. The minimum absolute atomic E-state index is 0.0190. The normalized spacial score (nSPS) is 14.8. The first-order valence-corrected chi connectivity index (χ1v) is 9.86. The van der Waals surface area contributed by atoms with E-state index in [1.54, 1.807) is 30.3 Å². The summed E-state index contributed by atoms with van der Waals surface area (Å²) in [7, 11) is 0. The summed E-state index contributed by atoms with van der Waals surface area (Å²) < 4.78 is 18.6. The molecule has 2 N–H and O–H groups in total. The van der Waals surface area contributed by atoms with Crippen LogP contribution in [0.3, 0.4) is 0 Å². The van der Waals surface area contributed by atoms with Crippen molar-refractivity contribution in [2.45, 2.75) is 6.42 Å². The molecule has 0 aliphatic carbocycles. The summed E-state index contributed by atoms with van der Waals surface area (Å²) in [6.07, 6.45) is 1.39. The summed E-state index contributed by atoms with van der Waals surface area (Å²) >= 11 is 6.19. The smallest absolute Gasteiger partial charge is 0.306 e. The zero-order valence-electron chi connectivity index (χ0n) is 15.3. The number of amides is 2. The third kappa shape index (κ3) is 5.22. The number of aliphatic carboxylic acids is 1. The first kappa shape index (κ1) is 21.5. The fraction of sp³-hybridized carbons (Fsp3) is 0.100. The van der Waals surface area contributed by atoms with Gasteiger partial charge in [0.2, 0.25) is 0 Å². The fourth-order valence-electron chi connectivity index (χ4n) is 2.45. The molecule has 30 heavy (non-hydrogen) atoms. The molecule has 7 nitrogen and oxygen atoms in total. The molecule has 10 heteroatoms. The van der Waals surface area contributed by atoms with E-state index in [1.165, 1.54) is 12.1 Å². The number of carbonyl (C=O) groups excluding carboxylic acids is 2. The number of nitrogens with one attached hydrogen (secondary N) is 1. The second-order valence-corrected chi connectivity index (χ2v) is 7.67. The van der Waals surface area contributed by atoms with Gasteiger partial charge in [-0.15, -0.1) is 0 Å². The Morgan fingerprint density at radius 3 is 2.60 bits per heavy atom. The van der Waals surface area contributed by atoms with Crippen molar-refractivity contribution >= 4 is 52.2 Å². The molecule has 0 radical (unpaired) electrons. The number of thioether (sulfide) groups is 1. The van der Waals surface area contributed by atoms with Crippen LogP contribution < -0.4 is 10.2 Å². The summed E-state index contributed by atoms with van der Waals surface area (Å²) in [5.41, 5.74) is 3.15. The highest BCUT2D eigenvalue weighted by Gasteiger charge is 2.34. The molecular formula is C20H15FN2O5S2. The van der Waals surface area contributed by atoms with Crippen molar-refractivity contribution in [1.82, 2.24) is 10.4 Å². The number of carboxylic acid groups (broad SMARTS) is 1. The van der Waals surface area contributed by atoms with Gasteiger partial charge in [-0.25, -0.2) is 4.39 Å². The molecule has 0 bridgehead atoms. The second kappa shape index (κ2) is 9.51. The minimum Gasteiger partial charge on any atom is -0.492 e. The van der Waals surface area contributed by atoms with Crippen LogP contribution in [0.5, 0.6) is 5.75 Å². The van der Waals surface area contributed by atoms with E-state index >= 15 is 0 Å². The summed E-state index contributed by atoms with van der Waals surface area (Å²) in [6, 6.07) is 11.7. The number of hydrazine groups is 1. The van der Waals surface area contributed by atoms with E-state index in [4.69, 9.17) is 22.1 Å². The molecule has 154 valence electrons. The Bertz CT molecular complexity index is 1040. The Morgan fingerprint density at radius 1 is 1.20 bits per heavy atom. The Labute approximate surface area is 180 Å². The highest BCUT2D eigenvalue weighted by Crippen LogP contribution is 2.33. The van der Waals surface area contributed by atoms with Gasteiger partial charge in [-0.3, -0.25) is 19.8 Å². The van der Waals surface area contributed by atoms with Gasteiger partial charge in [0.1, 0.15) is 11.6 Å². The zero-order chi connectivity index (χ0) is 21.7. The van der Waals surface area contributed by atoms with E-state index in [-0.39, 0.29) is 27.8 Å². The van der Waals surface area contributed by atoms with Crippen LogP contribution in [0.25, 0.3) is 6.08 Å². The van der Waals surface area contributed by atoms with E-state index in [1.807, 2.05) is 0 Å². The van der Waals surface area contributed by atoms with Crippen LogP contribution in [0, 0.1) is 5.82 Å². The quantitative estimate of drug-likeness (QED) is 0.498. The standard InChI is InChI=1S/C20H15FN2O5S2/c21-14-7-5-12(6-8-14)18(26)22-23-19(27)16(30-20(23)29)11-13-3-1-2-4-15(13)28-10-9-17(24)25/h1-8,11H,9-10H2,(H,22,26)(H,24,25)/b16-11+. The second-order valence-electron chi connectivity index (χ2n) is 5.99. The maximum atomic E-state index is 13.0. The van der Waals surface area contributed by atoms with Crippen LogP contribution in [0.4, 0.5) is 4.39 Å². The van der Waals surface area contributed by atoms with Gasteiger partial charge in [0.05, 0.1) is 17.9 Å². The van der Waals surface area contributed by atoms with Crippen LogP contribution in [0.1, 0.15) is 22.3 Å².